The normalized spacial score (nSPS) is 12.5. The molecule has 234 valence electrons. The van der Waals surface area contributed by atoms with E-state index in [2.05, 4.69) is 0 Å². The fourth-order valence-corrected chi connectivity index (χ4v) is 7.70. The van der Waals surface area contributed by atoms with Crippen LogP contribution in [0.4, 0.5) is 26.3 Å². The number of thiophene rings is 1. The highest BCUT2D eigenvalue weighted by Gasteiger charge is 2.40. The number of allylic oxidation sites excluding steroid dienone is 2. The molecule has 0 N–H and O–H groups in total. The summed E-state index contributed by atoms with van der Waals surface area (Å²) in [7, 11) is 0. The molecule has 11 heteroatoms. The van der Waals surface area contributed by atoms with Crippen LogP contribution in [0.5, 0.6) is 0 Å². The molecule has 0 saturated carbocycles. The molecule has 0 amide bonds. The van der Waals surface area contributed by atoms with Crippen molar-refractivity contribution < 1.29 is 26.3 Å². The molecule has 7 rings (SSSR count). The maximum absolute atomic E-state index is 13.2. The highest BCUT2D eigenvalue weighted by molar-refractivity contribution is 7.20. The van der Waals surface area contributed by atoms with Crippen molar-refractivity contribution in [2.24, 2.45) is 0 Å². The molecule has 4 nitrogen and oxygen atoms in total. The second-order valence-electron chi connectivity index (χ2n) is 11.1. The van der Waals surface area contributed by atoms with E-state index >= 15 is 0 Å². The van der Waals surface area contributed by atoms with Crippen molar-refractivity contribution in [1.82, 2.24) is 0 Å². The second-order valence-corrected chi connectivity index (χ2v) is 12.1. The Kier molecular flexibility index (Phi) is 7.07. The zero-order valence-electron chi connectivity index (χ0n) is 24.5. The molecular formula is C38H14F6N4S. The van der Waals surface area contributed by atoms with Gasteiger partial charge in [0, 0.05) is 43.2 Å². The summed E-state index contributed by atoms with van der Waals surface area (Å²) in [6, 6.07) is 27.4. The van der Waals surface area contributed by atoms with Crippen LogP contribution in [0, 0.1) is 45.3 Å². The molecule has 49 heavy (non-hydrogen) atoms. The van der Waals surface area contributed by atoms with E-state index in [1.165, 1.54) is 35.6 Å². The lowest BCUT2D eigenvalue weighted by Crippen LogP contribution is -2.04. The maximum Gasteiger partial charge on any atom is 0.416 e. The van der Waals surface area contributed by atoms with Crippen molar-refractivity contribution in [2.75, 3.05) is 0 Å². The van der Waals surface area contributed by atoms with Crippen LogP contribution < -0.4 is 0 Å². The minimum Gasteiger partial charge on any atom is -0.192 e. The van der Waals surface area contributed by atoms with Crippen molar-refractivity contribution in [2.45, 2.75) is 12.4 Å². The van der Waals surface area contributed by atoms with E-state index in [0.29, 0.717) is 65.4 Å². The van der Waals surface area contributed by atoms with Gasteiger partial charge < -0.3 is 0 Å². The number of alkyl halides is 6. The van der Waals surface area contributed by atoms with Gasteiger partial charge in [0.25, 0.3) is 0 Å². The Morgan fingerprint density at radius 2 is 0.776 bits per heavy atom. The van der Waals surface area contributed by atoms with Crippen molar-refractivity contribution in [3.63, 3.8) is 0 Å². The molecule has 0 bridgehead atoms. The fourth-order valence-electron chi connectivity index (χ4n) is 6.31. The summed E-state index contributed by atoms with van der Waals surface area (Å²) >= 11 is 1.34. The van der Waals surface area contributed by atoms with E-state index in [1.54, 1.807) is 36.4 Å². The average molecular weight is 673 g/mol. The van der Waals surface area contributed by atoms with Crippen LogP contribution in [-0.4, -0.2) is 0 Å². The zero-order chi connectivity index (χ0) is 34.8. The number of hydrogen-bond donors (Lipinski definition) is 0. The Balaban J connectivity index is 1.42. The van der Waals surface area contributed by atoms with Crippen LogP contribution in [0.3, 0.4) is 0 Å². The van der Waals surface area contributed by atoms with E-state index in [1.807, 2.05) is 24.3 Å². The van der Waals surface area contributed by atoms with Gasteiger partial charge in [-0.2, -0.15) is 47.4 Å². The number of hydrogen-bond acceptors (Lipinski definition) is 5. The van der Waals surface area contributed by atoms with Crippen LogP contribution in [0.15, 0.2) is 96.1 Å². The maximum atomic E-state index is 13.2. The molecule has 0 atom stereocenters. The summed E-state index contributed by atoms with van der Waals surface area (Å²) in [5.74, 6) is 0. The topological polar surface area (TPSA) is 95.2 Å². The van der Waals surface area contributed by atoms with Crippen molar-refractivity contribution in [3.05, 3.63) is 129 Å². The summed E-state index contributed by atoms with van der Waals surface area (Å²) in [5.41, 5.74) is 3.77. The molecule has 0 radical (unpaired) electrons. The molecule has 0 fully saturated rings. The Bertz CT molecular complexity index is 2280. The van der Waals surface area contributed by atoms with E-state index in [4.69, 9.17) is 0 Å². The highest BCUT2D eigenvalue weighted by atomic mass is 32.1. The van der Waals surface area contributed by atoms with E-state index < -0.39 is 23.5 Å². The monoisotopic (exact) mass is 672 g/mol. The van der Waals surface area contributed by atoms with Gasteiger partial charge in [0.05, 0.1) is 11.1 Å². The first-order chi connectivity index (χ1) is 23.4. The van der Waals surface area contributed by atoms with Gasteiger partial charge in [-0.05, 0) is 69.8 Å². The molecular weight excluding hydrogens is 659 g/mol. The number of nitriles is 4. The van der Waals surface area contributed by atoms with Gasteiger partial charge in [-0.15, -0.1) is 11.3 Å². The third kappa shape index (κ3) is 4.88. The molecule has 0 saturated heterocycles. The predicted molar refractivity (Wildman–Crippen MR) is 171 cm³/mol. The standard InChI is InChI=1S/C38H14F6N4S/c39-37(40,41)25-7-1-19(2-8-25)21-5-11-27-29(13-21)31(23(15-45)16-46)33-34-32(24(17-47)18-48)30-14-22(6-12-28(30)36(34)49-35(27)33)20-3-9-26(10-4-20)38(42,43)44/h1-14H. The van der Waals surface area contributed by atoms with Crippen LogP contribution in [0.2, 0.25) is 0 Å². The SMILES string of the molecule is N#CC(C#N)=C1c2cc(-c3ccc(C(F)(F)F)cc3)ccc2-c2sc3c(c21)C(=C(C#N)C#N)c1cc(-c2ccc(C(F)(F)F)cc2)ccc1-3. The smallest absolute Gasteiger partial charge is 0.192 e. The molecule has 2 aliphatic rings. The Labute approximate surface area is 278 Å². The van der Waals surface area contributed by atoms with E-state index in [9.17, 15) is 47.4 Å². The summed E-state index contributed by atoms with van der Waals surface area (Å²) in [5, 5.41) is 40.3. The van der Waals surface area contributed by atoms with Crippen molar-refractivity contribution in [3.8, 4) is 67.4 Å². The third-order valence-electron chi connectivity index (χ3n) is 8.51. The Morgan fingerprint density at radius 3 is 1.08 bits per heavy atom. The van der Waals surface area contributed by atoms with Gasteiger partial charge in [-0.3, -0.25) is 0 Å². The molecule has 2 aliphatic carbocycles. The lowest BCUT2D eigenvalue weighted by atomic mass is 9.90. The van der Waals surface area contributed by atoms with Gasteiger partial charge in [-0.25, -0.2) is 0 Å². The third-order valence-corrected chi connectivity index (χ3v) is 9.77. The predicted octanol–water partition coefficient (Wildman–Crippen LogP) is 10.8. The lowest BCUT2D eigenvalue weighted by Gasteiger charge is -2.11. The van der Waals surface area contributed by atoms with E-state index in [0.717, 1.165) is 24.3 Å². The van der Waals surface area contributed by atoms with Crippen molar-refractivity contribution >= 4 is 22.5 Å². The van der Waals surface area contributed by atoms with Crippen molar-refractivity contribution in [1.29, 1.82) is 21.0 Å². The largest absolute Gasteiger partial charge is 0.416 e. The summed E-state index contributed by atoms with van der Waals surface area (Å²) in [6.45, 7) is 0. The average Bonchev–Trinajstić information content (AvgIpc) is 3.71. The first-order valence-corrected chi connectivity index (χ1v) is 15.1. The van der Waals surface area contributed by atoms with Gasteiger partial charge in [-0.1, -0.05) is 48.5 Å². The first kappa shape index (κ1) is 31.2. The van der Waals surface area contributed by atoms with Gasteiger partial charge in [0.2, 0.25) is 0 Å². The number of fused-ring (bicyclic) bond motifs is 7. The fraction of sp³-hybridized carbons (Fsp3) is 0.0526. The van der Waals surface area contributed by atoms with Crippen LogP contribution in [0.1, 0.15) is 33.4 Å². The Hall–Kier alpha value is -6.40. The Morgan fingerprint density at radius 1 is 0.449 bits per heavy atom. The number of benzene rings is 4. The molecule has 0 unspecified atom stereocenters. The van der Waals surface area contributed by atoms with E-state index in [-0.39, 0.29) is 22.3 Å². The lowest BCUT2D eigenvalue weighted by molar-refractivity contribution is -0.138. The summed E-state index contributed by atoms with van der Waals surface area (Å²) in [6.07, 6.45) is -9.02. The summed E-state index contributed by atoms with van der Waals surface area (Å²) in [4.78, 5) is 1.37. The molecule has 1 aromatic heterocycles. The molecule has 4 aromatic carbocycles. The molecule has 0 spiro atoms. The molecule has 0 aliphatic heterocycles. The number of rotatable bonds is 2. The second kappa shape index (κ2) is 11.1. The number of nitrogens with zero attached hydrogens (tertiary/aromatic N) is 4. The molecule has 1 heterocycles. The zero-order valence-corrected chi connectivity index (χ0v) is 25.4. The quantitative estimate of drug-likeness (QED) is 0.135. The minimum atomic E-state index is -4.51. The minimum absolute atomic E-state index is 0.235. The van der Waals surface area contributed by atoms with Crippen LogP contribution >= 0.6 is 11.3 Å². The van der Waals surface area contributed by atoms with Gasteiger partial charge in [0.1, 0.15) is 35.4 Å². The highest BCUT2D eigenvalue weighted by Crippen LogP contribution is 2.61. The van der Waals surface area contributed by atoms with Gasteiger partial charge in [0.15, 0.2) is 0 Å². The first-order valence-electron chi connectivity index (χ1n) is 14.3. The summed E-state index contributed by atoms with van der Waals surface area (Å²) < 4.78 is 79.2. The van der Waals surface area contributed by atoms with Crippen LogP contribution in [0.25, 0.3) is 54.3 Å². The van der Waals surface area contributed by atoms with Crippen LogP contribution in [-0.2, 0) is 12.4 Å². The number of halogens is 6. The van der Waals surface area contributed by atoms with Gasteiger partial charge >= 0.3 is 12.4 Å². The molecule has 5 aromatic rings.